The average molecular weight is 532 g/mol. The number of aromatic nitrogens is 1. The van der Waals surface area contributed by atoms with Crippen molar-refractivity contribution in [1.82, 2.24) is 4.98 Å². The van der Waals surface area contributed by atoms with Gasteiger partial charge in [0.25, 0.3) is 0 Å². The minimum atomic E-state index is 0. The number of pyridine rings is 1. The van der Waals surface area contributed by atoms with Gasteiger partial charge in [0.05, 0.1) is 30.1 Å². The molecule has 0 radical (unpaired) electrons. The molecule has 186 valence electrons. The molecule has 0 amide bonds. The number of benzene rings is 2. The maximum atomic E-state index is 12.4. The van der Waals surface area contributed by atoms with Crippen LogP contribution in [0.5, 0.6) is 0 Å². The fourth-order valence-electron chi connectivity index (χ4n) is 4.89. The van der Waals surface area contributed by atoms with Gasteiger partial charge in [-0.3, -0.25) is 4.79 Å². The van der Waals surface area contributed by atoms with Crippen molar-refractivity contribution in [2.75, 3.05) is 50.7 Å². The van der Waals surface area contributed by atoms with Crippen molar-refractivity contribution in [2.24, 2.45) is 0 Å². The highest BCUT2D eigenvalue weighted by molar-refractivity contribution is 7.99. The number of piperazine rings is 1. The van der Waals surface area contributed by atoms with Crippen LogP contribution >= 0.6 is 11.8 Å². The minimum absolute atomic E-state index is 0. The molecule has 0 bridgehead atoms. The lowest BCUT2D eigenvalue weighted by molar-refractivity contribution is -1.01. The van der Waals surface area contributed by atoms with Gasteiger partial charge in [-0.25, -0.2) is 4.98 Å². The Morgan fingerprint density at radius 3 is 2.26 bits per heavy atom. The number of anilines is 2. The molecule has 0 spiro atoms. The molecule has 0 saturated carbocycles. The van der Waals surface area contributed by atoms with E-state index in [4.69, 9.17) is 4.98 Å². The third kappa shape index (κ3) is 6.78. The Labute approximate surface area is 224 Å². The van der Waals surface area contributed by atoms with E-state index in [1.165, 1.54) is 35.1 Å². The van der Waals surface area contributed by atoms with Crippen LogP contribution in [0.15, 0.2) is 82.7 Å². The molecule has 0 atom stereocenters. The molecule has 5 nitrogen and oxygen atoms in total. The van der Waals surface area contributed by atoms with Crippen LogP contribution in [0.4, 0.5) is 11.5 Å². The van der Waals surface area contributed by atoms with E-state index in [1.807, 2.05) is 54.4 Å². The Morgan fingerprint density at radius 1 is 0.829 bits per heavy atom. The number of halogens is 2. The molecule has 1 aromatic heterocycles. The van der Waals surface area contributed by atoms with Gasteiger partial charge in [-0.1, -0.05) is 54.2 Å². The molecule has 35 heavy (non-hydrogen) atoms. The fraction of sp³-hybridized carbons (Fsp3) is 0.333. The van der Waals surface area contributed by atoms with Gasteiger partial charge >= 0.3 is 0 Å². The third-order valence-electron chi connectivity index (χ3n) is 6.76. The molecule has 1 saturated heterocycles. The predicted octanol–water partition coefficient (Wildman–Crippen LogP) is -3.86. The predicted molar refractivity (Wildman–Crippen MR) is 133 cm³/mol. The van der Waals surface area contributed by atoms with Crippen molar-refractivity contribution in [2.45, 2.75) is 22.6 Å². The van der Waals surface area contributed by atoms with Gasteiger partial charge in [0.15, 0.2) is 5.78 Å². The van der Waals surface area contributed by atoms with Crippen LogP contribution in [-0.2, 0) is 0 Å². The van der Waals surface area contributed by atoms with Crippen LogP contribution < -0.4 is 39.5 Å². The normalized spacial score (nSPS) is 18.5. The van der Waals surface area contributed by atoms with Gasteiger partial charge in [0.1, 0.15) is 32.0 Å². The lowest BCUT2D eigenvalue weighted by atomic mass is 10.1. The first kappa shape index (κ1) is 27.5. The van der Waals surface area contributed by atoms with Crippen LogP contribution in [0.25, 0.3) is 0 Å². The number of quaternary nitrogens is 2. The number of carbonyl (C=O) groups is 1. The van der Waals surface area contributed by atoms with E-state index in [0.29, 0.717) is 6.42 Å². The average Bonchev–Trinajstić information content (AvgIpc) is 2.88. The number of carbonyl (C=O) groups excluding carboxylic acids is 1. The second-order valence-corrected chi connectivity index (χ2v) is 10.0. The Hall–Kier alpha value is -2.09. The van der Waals surface area contributed by atoms with Crippen molar-refractivity contribution in [3.63, 3.8) is 0 Å². The highest BCUT2D eigenvalue weighted by Crippen LogP contribution is 2.46. The number of nitrogens with zero attached hydrogens (tertiary/aromatic N) is 2. The number of hydrogen-bond acceptors (Lipinski definition) is 4. The molecule has 2 aliphatic rings. The van der Waals surface area contributed by atoms with Crippen molar-refractivity contribution in [1.29, 1.82) is 0 Å². The van der Waals surface area contributed by atoms with E-state index in [0.717, 1.165) is 44.0 Å². The van der Waals surface area contributed by atoms with Gasteiger partial charge in [-0.05, 0) is 24.3 Å². The lowest BCUT2D eigenvalue weighted by Gasteiger charge is -2.33. The zero-order valence-electron chi connectivity index (χ0n) is 19.8. The molecule has 2 N–H and O–H groups in total. The summed E-state index contributed by atoms with van der Waals surface area (Å²) in [6.45, 7) is 7.82. The van der Waals surface area contributed by atoms with Gasteiger partial charge in [0, 0.05) is 29.6 Å². The van der Waals surface area contributed by atoms with Crippen LogP contribution in [0, 0.1) is 0 Å². The number of nitrogens with one attached hydrogen (secondary N) is 2. The summed E-state index contributed by atoms with van der Waals surface area (Å²) in [5.74, 6) is 1.36. The SMILES string of the molecule is O=C(CC[NH+]1CC[NH+](CCCN2c3ccccc3Sc3cccnc32)CC1)c1ccccc1.[Cl-].[Cl-]. The van der Waals surface area contributed by atoms with E-state index in [2.05, 4.69) is 35.2 Å². The van der Waals surface area contributed by atoms with Crippen molar-refractivity contribution in [3.05, 3.63) is 78.5 Å². The van der Waals surface area contributed by atoms with Gasteiger partial charge < -0.3 is 39.5 Å². The molecule has 2 aliphatic heterocycles. The number of rotatable bonds is 8. The first-order valence-corrected chi connectivity index (χ1v) is 12.8. The molecule has 3 aromatic rings. The molecule has 3 heterocycles. The molecule has 0 aliphatic carbocycles. The van der Waals surface area contributed by atoms with Crippen LogP contribution in [0.1, 0.15) is 23.2 Å². The monoisotopic (exact) mass is 530 g/mol. The summed E-state index contributed by atoms with van der Waals surface area (Å²) >= 11 is 1.82. The van der Waals surface area contributed by atoms with E-state index in [9.17, 15) is 4.79 Å². The second kappa shape index (κ2) is 13.3. The first-order chi connectivity index (χ1) is 16.3. The highest BCUT2D eigenvalue weighted by atomic mass is 35.5. The standard InChI is InChI=1S/C27H30N4OS.2ClH/c32-24(22-8-2-1-3-9-22)13-17-30-20-18-29(19-21-30)15-7-16-31-23-10-4-5-11-25(23)33-26-12-6-14-28-27(26)31;;/h1-6,8-12,14H,7,13,15-21H2;2*1H. The summed E-state index contributed by atoms with van der Waals surface area (Å²) in [4.78, 5) is 25.3. The molecule has 5 rings (SSSR count). The zero-order valence-corrected chi connectivity index (χ0v) is 22.1. The topological polar surface area (TPSA) is 42.1 Å². The van der Waals surface area contributed by atoms with Crippen LogP contribution in [-0.4, -0.2) is 56.6 Å². The molecule has 1 fully saturated rings. The van der Waals surface area contributed by atoms with Crippen LogP contribution in [0.3, 0.4) is 0 Å². The number of fused-ring (bicyclic) bond motifs is 2. The van der Waals surface area contributed by atoms with Crippen LogP contribution in [0.2, 0.25) is 0 Å². The smallest absolute Gasteiger partial charge is 0.168 e. The van der Waals surface area contributed by atoms with E-state index < -0.39 is 0 Å². The summed E-state index contributed by atoms with van der Waals surface area (Å²) in [7, 11) is 0. The van der Waals surface area contributed by atoms with Crippen molar-refractivity contribution in [3.8, 4) is 0 Å². The third-order valence-corrected chi connectivity index (χ3v) is 7.86. The van der Waals surface area contributed by atoms with Gasteiger partial charge in [-0.2, -0.15) is 0 Å². The number of para-hydroxylation sites is 1. The summed E-state index contributed by atoms with van der Waals surface area (Å²) in [5.41, 5.74) is 2.12. The number of Topliss-reactive ketones (excluding diaryl/α,β-unsaturated/α-hetero) is 1. The Morgan fingerprint density at radius 2 is 1.49 bits per heavy atom. The Bertz CT molecular complexity index is 1050. The Kier molecular flexibility index (Phi) is 10.4. The lowest BCUT2D eigenvalue weighted by Crippen LogP contribution is -3.28. The minimum Gasteiger partial charge on any atom is -1.00 e. The summed E-state index contributed by atoms with van der Waals surface area (Å²) < 4.78 is 0. The van der Waals surface area contributed by atoms with E-state index >= 15 is 0 Å². The summed E-state index contributed by atoms with van der Waals surface area (Å²) in [6.07, 6.45) is 3.69. The molecular weight excluding hydrogens is 499 g/mol. The highest BCUT2D eigenvalue weighted by Gasteiger charge is 2.26. The number of ketones is 1. The largest absolute Gasteiger partial charge is 1.00 e. The maximum Gasteiger partial charge on any atom is 0.168 e. The molecule has 0 unspecified atom stereocenters. The molecule has 8 heteroatoms. The van der Waals surface area contributed by atoms with E-state index in [1.54, 1.807) is 9.80 Å². The first-order valence-electron chi connectivity index (χ1n) is 12.0. The zero-order chi connectivity index (χ0) is 22.5. The van der Waals surface area contributed by atoms with E-state index in [-0.39, 0.29) is 30.6 Å². The maximum absolute atomic E-state index is 12.4. The fourth-order valence-corrected chi connectivity index (χ4v) is 5.96. The quantitative estimate of drug-likeness (QED) is 0.292. The molecule has 2 aromatic carbocycles. The molecular formula is C27H32Cl2N4OS. The summed E-state index contributed by atoms with van der Waals surface area (Å²) in [6, 6.07) is 22.5. The summed E-state index contributed by atoms with van der Waals surface area (Å²) in [5, 5.41) is 0. The van der Waals surface area contributed by atoms with Crippen molar-refractivity contribution >= 4 is 29.1 Å². The second-order valence-electron chi connectivity index (χ2n) is 8.94. The van der Waals surface area contributed by atoms with Gasteiger partial charge in [-0.15, -0.1) is 0 Å². The van der Waals surface area contributed by atoms with Gasteiger partial charge in [0.2, 0.25) is 0 Å². The number of hydrogen-bond donors (Lipinski definition) is 2. The van der Waals surface area contributed by atoms with Crippen molar-refractivity contribution < 1.29 is 39.4 Å². The Balaban J connectivity index is 0.00000171.